The van der Waals surface area contributed by atoms with E-state index in [1.165, 1.54) is 29.7 Å². The highest BCUT2D eigenvalue weighted by Crippen LogP contribution is 2.28. The fourth-order valence-electron chi connectivity index (χ4n) is 3.18. The first-order chi connectivity index (χ1) is 9.65. The predicted molar refractivity (Wildman–Crippen MR) is 83.3 cm³/mol. The van der Waals surface area contributed by atoms with Crippen molar-refractivity contribution < 1.29 is 4.74 Å². The molecule has 110 valence electrons. The van der Waals surface area contributed by atoms with E-state index in [9.17, 15) is 0 Å². The first kappa shape index (κ1) is 13.9. The van der Waals surface area contributed by atoms with Crippen molar-refractivity contribution in [2.75, 3.05) is 18.6 Å². The Morgan fingerprint density at radius 2 is 2.10 bits per heavy atom. The molecule has 3 rings (SSSR count). The summed E-state index contributed by atoms with van der Waals surface area (Å²) in [4.78, 5) is 2.39. The number of ether oxygens (including phenoxy) is 1. The van der Waals surface area contributed by atoms with Crippen molar-refractivity contribution in [2.45, 2.75) is 57.8 Å². The summed E-state index contributed by atoms with van der Waals surface area (Å²) < 4.78 is 5.69. The summed E-state index contributed by atoms with van der Waals surface area (Å²) in [5.41, 5.74) is 4.09. The minimum atomic E-state index is 0.329. The molecule has 2 aliphatic rings. The van der Waals surface area contributed by atoms with Gasteiger partial charge in [0, 0.05) is 31.9 Å². The summed E-state index contributed by atoms with van der Waals surface area (Å²) in [5.74, 6) is 0. The molecule has 1 aliphatic carbocycles. The molecule has 2 unspecified atom stereocenters. The molecule has 1 heterocycles. The number of benzene rings is 1. The van der Waals surface area contributed by atoms with E-state index in [-0.39, 0.29) is 0 Å². The zero-order valence-electron chi connectivity index (χ0n) is 12.9. The molecule has 3 nitrogen and oxygen atoms in total. The molecule has 0 amide bonds. The number of nitrogens with one attached hydrogen (secondary N) is 1. The molecule has 20 heavy (non-hydrogen) atoms. The summed E-state index contributed by atoms with van der Waals surface area (Å²) >= 11 is 0. The van der Waals surface area contributed by atoms with Crippen molar-refractivity contribution >= 4 is 5.69 Å². The van der Waals surface area contributed by atoms with Gasteiger partial charge in [-0.05, 0) is 50.3 Å². The third-order valence-corrected chi connectivity index (χ3v) is 4.65. The van der Waals surface area contributed by atoms with Gasteiger partial charge in [-0.2, -0.15) is 0 Å². The lowest BCUT2D eigenvalue weighted by Gasteiger charge is -2.30. The molecule has 2 atom stereocenters. The van der Waals surface area contributed by atoms with Crippen molar-refractivity contribution in [3.8, 4) is 0 Å². The number of hydrogen-bond donors (Lipinski definition) is 1. The topological polar surface area (TPSA) is 24.5 Å². The first-order valence-electron chi connectivity index (χ1n) is 7.82. The molecule has 0 radical (unpaired) electrons. The Balaban J connectivity index is 1.69. The maximum atomic E-state index is 5.69. The summed E-state index contributed by atoms with van der Waals surface area (Å²) in [6.07, 6.45) is 4.15. The van der Waals surface area contributed by atoms with Crippen molar-refractivity contribution in [1.29, 1.82) is 0 Å². The highest BCUT2D eigenvalue weighted by Gasteiger charge is 2.28. The van der Waals surface area contributed by atoms with Gasteiger partial charge in [0.25, 0.3) is 0 Å². The van der Waals surface area contributed by atoms with Crippen LogP contribution >= 0.6 is 0 Å². The molecule has 1 aromatic rings. The second kappa shape index (κ2) is 5.74. The van der Waals surface area contributed by atoms with Gasteiger partial charge in [-0.3, -0.25) is 0 Å². The van der Waals surface area contributed by atoms with Crippen LogP contribution in [0.5, 0.6) is 0 Å². The van der Waals surface area contributed by atoms with Gasteiger partial charge in [-0.25, -0.2) is 0 Å². The van der Waals surface area contributed by atoms with Gasteiger partial charge in [0.05, 0.1) is 12.1 Å². The lowest BCUT2D eigenvalue weighted by atomic mass is 10.0. The van der Waals surface area contributed by atoms with Crippen LogP contribution in [0.1, 0.15) is 37.3 Å². The van der Waals surface area contributed by atoms with Crippen LogP contribution in [-0.2, 0) is 11.3 Å². The molecule has 0 aromatic heterocycles. The average Bonchev–Trinajstić information content (AvgIpc) is 3.16. The number of anilines is 1. The van der Waals surface area contributed by atoms with Crippen molar-refractivity contribution in [3.05, 3.63) is 29.3 Å². The van der Waals surface area contributed by atoms with Crippen LogP contribution in [0.4, 0.5) is 5.69 Å². The molecule has 3 heteroatoms. The fraction of sp³-hybridized carbons (Fsp3) is 0.647. The smallest absolute Gasteiger partial charge is 0.0750 e. The Labute approximate surface area is 122 Å². The van der Waals surface area contributed by atoms with Crippen LogP contribution in [0.3, 0.4) is 0 Å². The largest absolute Gasteiger partial charge is 0.376 e. The SMILES string of the molecule is Cc1cc(CNC2CC2)ccc1N(C)C1CCOC1C. The quantitative estimate of drug-likeness (QED) is 0.893. The van der Waals surface area contributed by atoms with E-state index in [0.717, 1.165) is 25.6 Å². The molecule has 1 N–H and O–H groups in total. The van der Waals surface area contributed by atoms with E-state index in [0.29, 0.717) is 12.1 Å². The van der Waals surface area contributed by atoms with E-state index < -0.39 is 0 Å². The highest BCUT2D eigenvalue weighted by molar-refractivity contribution is 5.55. The molecule has 1 saturated carbocycles. The van der Waals surface area contributed by atoms with Crippen LogP contribution in [0.15, 0.2) is 18.2 Å². The number of nitrogens with zero attached hydrogens (tertiary/aromatic N) is 1. The normalized spacial score (nSPS) is 25.9. The Morgan fingerprint density at radius 3 is 2.70 bits per heavy atom. The van der Waals surface area contributed by atoms with Gasteiger partial charge >= 0.3 is 0 Å². The van der Waals surface area contributed by atoms with E-state index in [4.69, 9.17) is 4.74 Å². The third-order valence-electron chi connectivity index (χ3n) is 4.65. The number of aryl methyl sites for hydroxylation is 1. The molecule has 0 bridgehead atoms. The Hall–Kier alpha value is -1.06. The zero-order chi connectivity index (χ0) is 14.1. The average molecular weight is 274 g/mol. The lowest BCUT2D eigenvalue weighted by molar-refractivity contribution is 0.118. The van der Waals surface area contributed by atoms with Gasteiger partial charge in [0.15, 0.2) is 0 Å². The third kappa shape index (κ3) is 2.99. The lowest BCUT2D eigenvalue weighted by Crippen LogP contribution is -2.37. The Kier molecular flexibility index (Phi) is 3.99. The van der Waals surface area contributed by atoms with Crippen LogP contribution in [0, 0.1) is 6.92 Å². The number of rotatable bonds is 5. The second-order valence-electron chi connectivity index (χ2n) is 6.32. The standard InChI is InChI=1S/C17H26N2O/c1-12-10-14(11-18-15-5-6-15)4-7-16(12)19(3)17-8-9-20-13(17)2/h4,7,10,13,15,17-18H,5-6,8-9,11H2,1-3H3. The fourth-order valence-corrected chi connectivity index (χ4v) is 3.18. The van der Waals surface area contributed by atoms with Crippen LogP contribution in [0.25, 0.3) is 0 Å². The monoisotopic (exact) mass is 274 g/mol. The van der Waals surface area contributed by atoms with Gasteiger partial charge in [0.2, 0.25) is 0 Å². The molecule has 2 fully saturated rings. The molecule has 1 aliphatic heterocycles. The summed E-state index contributed by atoms with van der Waals surface area (Å²) in [7, 11) is 2.19. The van der Waals surface area contributed by atoms with E-state index >= 15 is 0 Å². The van der Waals surface area contributed by atoms with Gasteiger partial charge in [-0.1, -0.05) is 12.1 Å². The minimum Gasteiger partial charge on any atom is -0.376 e. The van der Waals surface area contributed by atoms with E-state index in [1.807, 2.05) is 0 Å². The number of likely N-dealkylation sites (N-methyl/N-ethyl adjacent to an activating group) is 1. The summed E-state index contributed by atoms with van der Waals surface area (Å²) in [6.45, 7) is 6.28. The first-order valence-corrected chi connectivity index (χ1v) is 7.82. The maximum absolute atomic E-state index is 5.69. The Morgan fingerprint density at radius 1 is 1.30 bits per heavy atom. The van der Waals surface area contributed by atoms with Crippen LogP contribution < -0.4 is 10.2 Å². The molecule has 1 aromatic carbocycles. The number of hydrogen-bond acceptors (Lipinski definition) is 3. The zero-order valence-corrected chi connectivity index (χ0v) is 12.9. The van der Waals surface area contributed by atoms with Crippen LogP contribution in [0.2, 0.25) is 0 Å². The van der Waals surface area contributed by atoms with Gasteiger partial charge in [0.1, 0.15) is 0 Å². The maximum Gasteiger partial charge on any atom is 0.0750 e. The van der Waals surface area contributed by atoms with Crippen molar-refractivity contribution in [1.82, 2.24) is 5.32 Å². The minimum absolute atomic E-state index is 0.329. The van der Waals surface area contributed by atoms with E-state index in [2.05, 4.69) is 49.3 Å². The molecular formula is C17H26N2O. The predicted octanol–water partition coefficient (Wildman–Crippen LogP) is 2.86. The molecular weight excluding hydrogens is 248 g/mol. The summed E-state index contributed by atoms with van der Waals surface area (Å²) in [5, 5.41) is 3.58. The van der Waals surface area contributed by atoms with Gasteiger partial charge < -0.3 is 15.0 Å². The van der Waals surface area contributed by atoms with E-state index in [1.54, 1.807) is 0 Å². The Bertz CT molecular complexity index is 470. The summed E-state index contributed by atoms with van der Waals surface area (Å²) in [6, 6.07) is 8.12. The van der Waals surface area contributed by atoms with Crippen molar-refractivity contribution in [3.63, 3.8) is 0 Å². The van der Waals surface area contributed by atoms with Crippen LogP contribution in [-0.4, -0.2) is 31.8 Å². The molecule has 0 spiro atoms. The second-order valence-corrected chi connectivity index (χ2v) is 6.32. The van der Waals surface area contributed by atoms with Crippen molar-refractivity contribution in [2.24, 2.45) is 0 Å². The van der Waals surface area contributed by atoms with Gasteiger partial charge in [-0.15, -0.1) is 0 Å². The molecule has 1 saturated heterocycles. The highest BCUT2D eigenvalue weighted by atomic mass is 16.5.